The highest BCUT2D eigenvalue weighted by Gasteiger charge is 2.67. The summed E-state index contributed by atoms with van der Waals surface area (Å²) in [5, 5.41) is 8.95. The number of carboxylic acids is 1. The fourth-order valence-electron chi connectivity index (χ4n) is 1.49. The molecule has 0 saturated carbocycles. The van der Waals surface area contributed by atoms with Crippen molar-refractivity contribution in [3.8, 4) is 0 Å². The summed E-state index contributed by atoms with van der Waals surface area (Å²) in [6.45, 7) is 8.27. The van der Waals surface area contributed by atoms with Crippen molar-refractivity contribution in [2.45, 2.75) is 47.7 Å². The molecule has 0 amide bonds. The largest absolute Gasteiger partial charge is 0.481 e. The smallest absolute Gasteiger partial charge is 0.405 e. The molecule has 0 spiro atoms. The van der Waals surface area contributed by atoms with E-state index in [-0.39, 0.29) is 0 Å². The van der Waals surface area contributed by atoms with Gasteiger partial charge in [-0.25, -0.2) is 0 Å². The van der Waals surface area contributed by atoms with Crippen LogP contribution in [0.25, 0.3) is 0 Å². The van der Waals surface area contributed by atoms with E-state index in [1.807, 2.05) is 0 Å². The van der Waals surface area contributed by atoms with E-state index in [0.717, 1.165) is 6.92 Å². The summed E-state index contributed by atoms with van der Waals surface area (Å²) in [5.74, 6) is -1.83. The van der Waals surface area contributed by atoms with Gasteiger partial charge in [0.2, 0.25) is 0 Å². The number of aliphatic carboxylic acids is 1. The van der Waals surface area contributed by atoms with E-state index in [9.17, 15) is 18.0 Å². The molecule has 96 valence electrons. The van der Waals surface area contributed by atoms with Crippen molar-refractivity contribution in [3.63, 3.8) is 0 Å². The van der Waals surface area contributed by atoms with Gasteiger partial charge in [0.15, 0.2) is 5.41 Å². The van der Waals surface area contributed by atoms with Crippen molar-refractivity contribution in [2.24, 2.45) is 16.2 Å². The minimum absolute atomic E-state index is 0.751. The van der Waals surface area contributed by atoms with E-state index >= 15 is 0 Å². The topological polar surface area (TPSA) is 37.3 Å². The minimum Gasteiger partial charge on any atom is -0.481 e. The molecule has 0 aromatic rings. The average Bonchev–Trinajstić information content (AvgIpc) is 1.97. The van der Waals surface area contributed by atoms with Crippen molar-refractivity contribution in [1.29, 1.82) is 0 Å². The molecule has 0 rings (SSSR count). The molecule has 0 radical (unpaired) electrons. The van der Waals surface area contributed by atoms with Gasteiger partial charge in [-0.05, 0) is 17.8 Å². The maximum Gasteiger partial charge on any atom is 0.405 e. The van der Waals surface area contributed by atoms with E-state index in [1.54, 1.807) is 20.8 Å². The number of hydrogen-bond donors (Lipinski definition) is 1. The first-order valence-corrected chi connectivity index (χ1v) is 4.99. The number of halogens is 3. The highest BCUT2D eigenvalue weighted by atomic mass is 19.4. The number of rotatable bonds is 2. The van der Waals surface area contributed by atoms with E-state index in [0.29, 0.717) is 0 Å². The molecule has 16 heavy (non-hydrogen) atoms. The zero-order valence-electron chi connectivity index (χ0n) is 10.5. The van der Waals surface area contributed by atoms with Gasteiger partial charge in [-0.2, -0.15) is 13.2 Å². The molecule has 1 atom stereocenters. The monoisotopic (exact) mass is 240 g/mol. The molecule has 2 nitrogen and oxygen atoms in total. The van der Waals surface area contributed by atoms with E-state index in [1.165, 1.54) is 13.8 Å². The Hall–Kier alpha value is -0.740. The first-order chi connectivity index (χ1) is 6.69. The summed E-state index contributed by atoms with van der Waals surface area (Å²) in [6.07, 6.45) is -4.78. The third kappa shape index (κ3) is 1.92. The van der Waals surface area contributed by atoms with E-state index in [4.69, 9.17) is 5.11 Å². The van der Waals surface area contributed by atoms with Crippen LogP contribution in [0.1, 0.15) is 41.5 Å². The molecule has 0 aliphatic rings. The van der Waals surface area contributed by atoms with Crippen LogP contribution in [-0.2, 0) is 4.79 Å². The summed E-state index contributed by atoms with van der Waals surface area (Å²) >= 11 is 0. The Labute approximate surface area is 93.8 Å². The molecule has 0 saturated heterocycles. The second kappa shape index (κ2) is 3.64. The highest BCUT2D eigenvalue weighted by molar-refractivity contribution is 5.76. The third-order valence-corrected chi connectivity index (χ3v) is 4.12. The molecular formula is C11H19F3O2. The molecule has 0 aliphatic heterocycles. The maximum atomic E-state index is 13.0. The zero-order valence-corrected chi connectivity index (χ0v) is 10.5. The van der Waals surface area contributed by atoms with Crippen LogP contribution in [0.2, 0.25) is 0 Å². The molecule has 0 aromatic carbocycles. The van der Waals surface area contributed by atoms with Gasteiger partial charge in [-0.15, -0.1) is 0 Å². The van der Waals surface area contributed by atoms with Crippen LogP contribution in [0.3, 0.4) is 0 Å². The van der Waals surface area contributed by atoms with Crippen LogP contribution in [0.15, 0.2) is 0 Å². The quantitative estimate of drug-likeness (QED) is 0.798. The van der Waals surface area contributed by atoms with Crippen molar-refractivity contribution in [2.75, 3.05) is 0 Å². The standard InChI is InChI=1S/C11H19F3O2/c1-8(2,3)9(4,5)10(6,7(15)16)11(12,13)14/h1-6H3,(H,15,16). The number of alkyl halides is 3. The van der Waals surface area contributed by atoms with Gasteiger partial charge in [0.05, 0.1) is 0 Å². The van der Waals surface area contributed by atoms with Gasteiger partial charge in [-0.1, -0.05) is 34.6 Å². The maximum absolute atomic E-state index is 13.0. The number of carbonyl (C=O) groups is 1. The van der Waals surface area contributed by atoms with Gasteiger partial charge in [0.25, 0.3) is 0 Å². The van der Waals surface area contributed by atoms with Crippen molar-refractivity contribution < 1.29 is 23.1 Å². The second-order valence-corrected chi connectivity index (χ2v) is 5.80. The van der Waals surface area contributed by atoms with Gasteiger partial charge < -0.3 is 5.11 Å². The predicted molar refractivity (Wildman–Crippen MR) is 55.0 cm³/mol. The molecule has 0 fully saturated rings. The average molecular weight is 240 g/mol. The molecule has 0 heterocycles. The number of carboxylic acid groups (broad SMARTS) is 1. The third-order valence-electron chi connectivity index (χ3n) is 4.12. The Kier molecular flexibility index (Phi) is 3.47. The summed E-state index contributed by atoms with van der Waals surface area (Å²) in [6, 6.07) is 0. The lowest BCUT2D eigenvalue weighted by atomic mass is 9.54. The molecule has 0 bridgehead atoms. The molecule has 1 unspecified atom stereocenters. The fourth-order valence-corrected chi connectivity index (χ4v) is 1.49. The Morgan fingerprint density at radius 2 is 1.25 bits per heavy atom. The van der Waals surface area contributed by atoms with Gasteiger partial charge >= 0.3 is 12.1 Å². The Balaban J connectivity index is 5.85. The van der Waals surface area contributed by atoms with E-state index < -0.39 is 28.4 Å². The van der Waals surface area contributed by atoms with Crippen LogP contribution >= 0.6 is 0 Å². The first-order valence-electron chi connectivity index (χ1n) is 4.99. The van der Waals surface area contributed by atoms with Crippen LogP contribution in [0, 0.1) is 16.2 Å². The lowest BCUT2D eigenvalue weighted by Crippen LogP contribution is -2.57. The van der Waals surface area contributed by atoms with Gasteiger partial charge in [0.1, 0.15) is 0 Å². The van der Waals surface area contributed by atoms with Gasteiger partial charge in [-0.3, -0.25) is 4.79 Å². The summed E-state index contributed by atoms with van der Waals surface area (Å²) in [4.78, 5) is 11.0. The van der Waals surface area contributed by atoms with Crippen molar-refractivity contribution >= 4 is 5.97 Å². The normalized spacial score (nSPS) is 18.1. The molecule has 0 aliphatic carbocycles. The van der Waals surface area contributed by atoms with Crippen molar-refractivity contribution in [3.05, 3.63) is 0 Å². The van der Waals surface area contributed by atoms with Crippen molar-refractivity contribution in [1.82, 2.24) is 0 Å². The summed E-state index contributed by atoms with van der Waals surface area (Å²) < 4.78 is 39.0. The molecule has 5 heteroatoms. The zero-order chi connectivity index (χ0) is 13.6. The van der Waals surface area contributed by atoms with Crippen LogP contribution in [0.5, 0.6) is 0 Å². The predicted octanol–water partition coefficient (Wildman–Crippen LogP) is 3.71. The Bertz CT molecular complexity index is 287. The second-order valence-electron chi connectivity index (χ2n) is 5.80. The Morgan fingerprint density at radius 1 is 0.938 bits per heavy atom. The highest BCUT2D eigenvalue weighted by Crippen LogP contribution is 2.58. The first kappa shape index (κ1) is 15.3. The van der Waals surface area contributed by atoms with Gasteiger partial charge in [0, 0.05) is 0 Å². The lowest BCUT2D eigenvalue weighted by Gasteiger charge is -2.50. The molecular weight excluding hydrogens is 221 g/mol. The van der Waals surface area contributed by atoms with Crippen LogP contribution in [0.4, 0.5) is 13.2 Å². The molecule has 0 aromatic heterocycles. The summed E-state index contributed by atoms with van der Waals surface area (Å²) in [7, 11) is 0. The molecule has 1 N–H and O–H groups in total. The SMILES string of the molecule is CC(C)(C)C(C)(C)C(C)(C(=O)O)C(F)(F)F. The fraction of sp³-hybridized carbons (Fsp3) is 0.909. The number of hydrogen-bond acceptors (Lipinski definition) is 1. The minimum atomic E-state index is -4.78. The summed E-state index contributed by atoms with van der Waals surface area (Å²) in [5.41, 5.74) is -4.97. The van der Waals surface area contributed by atoms with E-state index in [2.05, 4.69) is 0 Å². The van der Waals surface area contributed by atoms with Crippen LogP contribution in [-0.4, -0.2) is 17.3 Å². The lowest BCUT2D eigenvalue weighted by molar-refractivity contribution is -0.268. The Morgan fingerprint density at radius 3 is 1.31 bits per heavy atom. The van der Waals surface area contributed by atoms with Crippen LogP contribution < -0.4 is 0 Å².